The van der Waals surface area contributed by atoms with Gasteiger partial charge in [-0.05, 0) is 36.6 Å². The van der Waals surface area contributed by atoms with Crippen LogP contribution in [0.5, 0.6) is 5.75 Å². The van der Waals surface area contributed by atoms with Crippen LogP contribution in [0.15, 0.2) is 22.7 Å². The minimum Gasteiger partial charge on any atom is -0.497 e. The first-order valence-corrected chi connectivity index (χ1v) is 5.47. The summed E-state index contributed by atoms with van der Waals surface area (Å²) in [4.78, 5) is 0. The molecule has 14 heavy (non-hydrogen) atoms. The first-order chi connectivity index (χ1) is 6.63. The van der Waals surface area contributed by atoms with E-state index >= 15 is 0 Å². The van der Waals surface area contributed by atoms with Crippen molar-refractivity contribution in [1.29, 1.82) is 0 Å². The molecule has 1 aliphatic rings. The molecular weight excluding hydrogens is 244 g/mol. The zero-order valence-corrected chi connectivity index (χ0v) is 9.67. The van der Waals surface area contributed by atoms with E-state index in [2.05, 4.69) is 15.9 Å². The Hall–Kier alpha value is -0.540. The third-order valence-corrected chi connectivity index (χ3v) is 3.37. The van der Waals surface area contributed by atoms with E-state index in [1.165, 1.54) is 0 Å². The predicted octanol–water partition coefficient (Wildman–Crippen LogP) is 2.53. The number of ether oxygens (including phenoxy) is 1. The Bertz CT molecular complexity index is 345. The van der Waals surface area contributed by atoms with Crippen molar-refractivity contribution in [2.45, 2.75) is 24.9 Å². The van der Waals surface area contributed by atoms with Gasteiger partial charge in [0.15, 0.2) is 0 Å². The van der Waals surface area contributed by atoms with Gasteiger partial charge in [-0.25, -0.2) is 0 Å². The Labute approximate surface area is 92.0 Å². The van der Waals surface area contributed by atoms with Crippen molar-refractivity contribution in [2.24, 2.45) is 0 Å². The SMILES string of the molecule is COc1ccc(Br)c(CC2(O)CC2)c1. The van der Waals surface area contributed by atoms with E-state index in [0.717, 1.165) is 28.6 Å². The van der Waals surface area contributed by atoms with Crippen molar-refractivity contribution in [1.82, 2.24) is 0 Å². The normalized spacial score (nSPS) is 17.9. The van der Waals surface area contributed by atoms with Gasteiger partial charge in [-0.1, -0.05) is 15.9 Å². The summed E-state index contributed by atoms with van der Waals surface area (Å²) in [6, 6.07) is 5.84. The minimum atomic E-state index is -0.450. The van der Waals surface area contributed by atoms with E-state index in [1.54, 1.807) is 7.11 Å². The molecule has 2 rings (SSSR count). The Morgan fingerprint density at radius 3 is 2.79 bits per heavy atom. The molecule has 1 N–H and O–H groups in total. The molecule has 1 aromatic rings. The molecule has 3 heteroatoms. The molecule has 2 nitrogen and oxygen atoms in total. The van der Waals surface area contributed by atoms with Crippen LogP contribution in [0.25, 0.3) is 0 Å². The van der Waals surface area contributed by atoms with Crippen molar-refractivity contribution in [3.8, 4) is 5.75 Å². The van der Waals surface area contributed by atoms with Gasteiger partial charge in [-0.3, -0.25) is 0 Å². The second-order valence-electron chi connectivity index (χ2n) is 3.86. The Balaban J connectivity index is 2.22. The van der Waals surface area contributed by atoms with Gasteiger partial charge in [0.1, 0.15) is 5.75 Å². The second-order valence-corrected chi connectivity index (χ2v) is 4.71. The molecule has 0 heterocycles. The lowest BCUT2D eigenvalue weighted by molar-refractivity contribution is 0.150. The van der Waals surface area contributed by atoms with Crippen LogP contribution in [-0.4, -0.2) is 17.8 Å². The van der Waals surface area contributed by atoms with Crippen molar-refractivity contribution >= 4 is 15.9 Å². The quantitative estimate of drug-likeness (QED) is 0.901. The molecule has 1 fully saturated rings. The van der Waals surface area contributed by atoms with Gasteiger partial charge < -0.3 is 9.84 Å². The monoisotopic (exact) mass is 256 g/mol. The van der Waals surface area contributed by atoms with Crippen LogP contribution in [0.2, 0.25) is 0 Å². The van der Waals surface area contributed by atoms with E-state index in [1.807, 2.05) is 18.2 Å². The molecule has 0 unspecified atom stereocenters. The highest BCUT2D eigenvalue weighted by Crippen LogP contribution is 2.40. The summed E-state index contributed by atoms with van der Waals surface area (Å²) in [5, 5.41) is 9.81. The summed E-state index contributed by atoms with van der Waals surface area (Å²) >= 11 is 3.47. The lowest BCUT2D eigenvalue weighted by Gasteiger charge is -2.10. The smallest absolute Gasteiger partial charge is 0.119 e. The number of rotatable bonds is 3. The molecule has 0 aliphatic heterocycles. The van der Waals surface area contributed by atoms with Crippen LogP contribution in [0.3, 0.4) is 0 Å². The van der Waals surface area contributed by atoms with E-state index in [-0.39, 0.29) is 0 Å². The molecular formula is C11H13BrO2. The predicted molar refractivity (Wildman–Crippen MR) is 58.6 cm³/mol. The van der Waals surface area contributed by atoms with Crippen LogP contribution < -0.4 is 4.74 Å². The molecule has 0 saturated heterocycles. The summed E-state index contributed by atoms with van der Waals surface area (Å²) in [7, 11) is 1.65. The molecule has 76 valence electrons. The van der Waals surface area contributed by atoms with Crippen LogP contribution in [-0.2, 0) is 6.42 Å². The summed E-state index contributed by atoms with van der Waals surface area (Å²) < 4.78 is 6.18. The third-order valence-electron chi connectivity index (χ3n) is 2.60. The van der Waals surface area contributed by atoms with Gasteiger partial charge >= 0.3 is 0 Å². The van der Waals surface area contributed by atoms with Gasteiger partial charge in [0.25, 0.3) is 0 Å². The zero-order valence-electron chi connectivity index (χ0n) is 8.09. The standard InChI is InChI=1S/C11H13BrO2/c1-14-9-2-3-10(12)8(6-9)7-11(13)4-5-11/h2-3,6,13H,4-5,7H2,1H3. The van der Waals surface area contributed by atoms with Crippen LogP contribution in [0.4, 0.5) is 0 Å². The summed E-state index contributed by atoms with van der Waals surface area (Å²) in [5.41, 5.74) is 0.666. The number of hydrogen-bond acceptors (Lipinski definition) is 2. The average molecular weight is 257 g/mol. The van der Waals surface area contributed by atoms with Crippen LogP contribution in [0, 0.1) is 0 Å². The molecule has 0 radical (unpaired) electrons. The van der Waals surface area contributed by atoms with Crippen LogP contribution >= 0.6 is 15.9 Å². The largest absolute Gasteiger partial charge is 0.497 e. The number of methoxy groups -OCH3 is 1. The highest BCUT2D eigenvalue weighted by molar-refractivity contribution is 9.10. The van der Waals surface area contributed by atoms with Crippen molar-refractivity contribution in [2.75, 3.05) is 7.11 Å². The molecule has 0 atom stereocenters. The number of hydrogen-bond donors (Lipinski definition) is 1. The van der Waals surface area contributed by atoms with E-state index in [9.17, 15) is 5.11 Å². The Kier molecular flexibility index (Phi) is 2.54. The first kappa shape index (κ1) is 9.99. The van der Waals surface area contributed by atoms with Crippen LogP contribution in [0.1, 0.15) is 18.4 Å². The average Bonchev–Trinajstić information content (AvgIpc) is 2.88. The maximum atomic E-state index is 9.81. The highest BCUT2D eigenvalue weighted by atomic mass is 79.9. The second kappa shape index (κ2) is 3.55. The maximum absolute atomic E-state index is 9.81. The van der Waals surface area contributed by atoms with Gasteiger partial charge in [-0.2, -0.15) is 0 Å². The first-order valence-electron chi connectivity index (χ1n) is 4.68. The molecule has 0 aromatic heterocycles. The topological polar surface area (TPSA) is 29.5 Å². The van der Waals surface area contributed by atoms with Crippen molar-refractivity contribution < 1.29 is 9.84 Å². The van der Waals surface area contributed by atoms with Crippen molar-refractivity contribution in [3.05, 3.63) is 28.2 Å². The zero-order chi connectivity index (χ0) is 10.2. The van der Waals surface area contributed by atoms with Gasteiger partial charge in [-0.15, -0.1) is 0 Å². The van der Waals surface area contributed by atoms with E-state index in [0.29, 0.717) is 6.42 Å². The van der Waals surface area contributed by atoms with Gasteiger partial charge in [0.2, 0.25) is 0 Å². The molecule has 1 aliphatic carbocycles. The van der Waals surface area contributed by atoms with Gasteiger partial charge in [0.05, 0.1) is 12.7 Å². The fraction of sp³-hybridized carbons (Fsp3) is 0.455. The molecule has 1 saturated carbocycles. The van der Waals surface area contributed by atoms with Gasteiger partial charge in [0, 0.05) is 10.9 Å². The number of aliphatic hydroxyl groups is 1. The molecule has 1 aromatic carbocycles. The fourth-order valence-corrected chi connectivity index (χ4v) is 1.88. The van der Waals surface area contributed by atoms with E-state index < -0.39 is 5.60 Å². The fourth-order valence-electron chi connectivity index (χ4n) is 1.49. The number of halogens is 1. The van der Waals surface area contributed by atoms with Crippen molar-refractivity contribution in [3.63, 3.8) is 0 Å². The Morgan fingerprint density at radius 1 is 1.50 bits per heavy atom. The third kappa shape index (κ3) is 2.10. The Morgan fingerprint density at radius 2 is 2.21 bits per heavy atom. The molecule has 0 bridgehead atoms. The molecule has 0 spiro atoms. The minimum absolute atomic E-state index is 0.450. The van der Waals surface area contributed by atoms with E-state index in [4.69, 9.17) is 4.74 Å². The lowest BCUT2D eigenvalue weighted by atomic mass is 10.1. The maximum Gasteiger partial charge on any atom is 0.119 e. The molecule has 0 amide bonds. The highest BCUT2D eigenvalue weighted by Gasteiger charge is 2.40. The lowest BCUT2D eigenvalue weighted by Crippen LogP contribution is -2.11. The summed E-state index contributed by atoms with van der Waals surface area (Å²) in [6.45, 7) is 0. The summed E-state index contributed by atoms with van der Waals surface area (Å²) in [6.07, 6.45) is 2.54. The summed E-state index contributed by atoms with van der Waals surface area (Å²) in [5.74, 6) is 0.840. The number of benzene rings is 1.